The number of hydrogen-bond donors (Lipinski definition) is 12. The van der Waals surface area contributed by atoms with Crippen LogP contribution in [0.2, 0.25) is 0 Å². The number of hydrazine groups is 3. The molecule has 0 radical (unpaired) electrons. The van der Waals surface area contributed by atoms with Crippen LogP contribution in [0.25, 0.3) is 0 Å². The van der Waals surface area contributed by atoms with Gasteiger partial charge >= 0.3 is 0 Å². The molecule has 135 heavy (non-hydrogen) atoms. The van der Waals surface area contributed by atoms with Crippen LogP contribution in [-0.2, 0) is 63.7 Å². The second-order valence-electron chi connectivity index (χ2n) is 34.3. The van der Waals surface area contributed by atoms with E-state index in [4.69, 9.17) is 15.4 Å². The molecule has 0 spiro atoms. The van der Waals surface area contributed by atoms with Crippen molar-refractivity contribution in [1.82, 2.24) is 62.0 Å². The molecule has 0 aliphatic heterocycles. The number of nitrogens with two attached hydrogens (primary N) is 3. The molecule has 33 nitrogen and oxygen atoms in total. The van der Waals surface area contributed by atoms with Crippen LogP contribution in [0.15, 0.2) is 124 Å². The lowest BCUT2D eigenvalue weighted by atomic mass is 9.99. The normalized spacial score (nSPS) is 13.0. The highest BCUT2D eigenvalue weighted by Crippen LogP contribution is 2.25. The predicted molar refractivity (Wildman–Crippen MR) is 499 cm³/mol. The van der Waals surface area contributed by atoms with E-state index >= 15 is 0 Å². The molecule has 0 bridgehead atoms. The summed E-state index contributed by atoms with van der Waals surface area (Å²) >= 11 is 0. The first-order valence-corrected chi connectivity index (χ1v) is 49.7. The Bertz CT molecular complexity index is 5260. The van der Waals surface area contributed by atoms with Crippen LogP contribution in [0.4, 0.5) is 26.3 Å². The summed E-state index contributed by atoms with van der Waals surface area (Å²) in [6, 6.07) is 15.0. The number of primary sulfonamides is 3. The van der Waals surface area contributed by atoms with Crippen molar-refractivity contribution in [3.05, 3.63) is 194 Å². The van der Waals surface area contributed by atoms with E-state index in [1.54, 1.807) is 35.5 Å². The smallest absolute Gasteiger partial charge is 0.253 e. The van der Waals surface area contributed by atoms with E-state index in [9.17, 15) is 110 Å². The Labute approximate surface area is 788 Å². The number of carbonyl (C=O) groups is 9. The van der Waals surface area contributed by atoms with Gasteiger partial charge < -0.3 is 46.0 Å². The molecule has 750 valence electrons. The Morgan fingerprint density at radius 1 is 0.348 bits per heavy atom. The number of benzene rings is 6. The number of amides is 9. The van der Waals surface area contributed by atoms with Gasteiger partial charge in [0, 0.05) is 149 Å². The zero-order chi connectivity index (χ0) is 102. The summed E-state index contributed by atoms with van der Waals surface area (Å²) < 4.78 is 158. The van der Waals surface area contributed by atoms with E-state index in [0.29, 0.717) is 116 Å². The van der Waals surface area contributed by atoms with Crippen molar-refractivity contribution in [2.75, 3.05) is 79.0 Å². The number of nitrogens with zero attached hydrogens (tertiary/aromatic N) is 6. The molecule has 0 aliphatic rings. The second-order valence-corrected chi connectivity index (χ2v) is 38.9. The molecule has 0 saturated heterocycles. The van der Waals surface area contributed by atoms with Crippen LogP contribution >= 0.6 is 0 Å². The van der Waals surface area contributed by atoms with Crippen LogP contribution in [0, 0.1) is 52.7 Å². The highest BCUT2D eigenvalue weighted by atomic mass is 32.2. The number of halogens is 6. The zero-order valence-corrected chi connectivity index (χ0v) is 81.9. The van der Waals surface area contributed by atoms with Gasteiger partial charge in [-0.05, 0) is 184 Å². The molecule has 6 unspecified atom stereocenters. The summed E-state index contributed by atoms with van der Waals surface area (Å²) in [6.07, 6.45) is 1.10. The van der Waals surface area contributed by atoms with Crippen LogP contribution in [0.3, 0.4) is 0 Å². The third-order valence-corrected chi connectivity index (χ3v) is 23.2. The number of unbranched alkanes of at least 4 members (excludes halogenated alkanes) is 1. The molecular formula is C93H135F6N15O18S3. The molecule has 0 fully saturated rings. The van der Waals surface area contributed by atoms with Crippen molar-refractivity contribution in [1.29, 1.82) is 0 Å². The Morgan fingerprint density at radius 3 is 0.867 bits per heavy atom. The van der Waals surface area contributed by atoms with Crippen molar-refractivity contribution >= 4 is 83.2 Å². The fraction of sp³-hybridized carbons (Fsp3) is 0.516. The van der Waals surface area contributed by atoms with E-state index in [1.165, 1.54) is 40.3 Å². The van der Waals surface area contributed by atoms with Crippen LogP contribution in [0.5, 0.6) is 0 Å². The maximum absolute atomic E-state index is 14.1. The van der Waals surface area contributed by atoms with Gasteiger partial charge in [-0.1, -0.05) is 103 Å². The topological polar surface area (TPSA) is 486 Å². The van der Waals surface area contributed by atoms with Gasteiger partial charge in [-0.3, -0.25) is 59.4 Å². The van der Waals surface area contributed by atoms with Crippen molar-refractivity contribution < 1.29 is 110 Å². The number of likely N-dealkylation sites (N-methyl/N-ethyl adjacent to an activating group) is 2. The van der Waals surface area contributed by atoms with Crippen LogP contribution < -0.4 is 47.6 Å². The summed E-state index contributed by atoms with van der Waals surface area (Å²) in [4.78, 5) is 121. The molecule has 0 aliphatic carbocycles. The molecule has 0 aromatic heterocycles. The Morgan fingerprint density at radius 2 is 0.615 bits per heavy atom. The molecule has 42 heteroatoms. The number of nitrogens with one attached hydrogen (secondary N) is 6. The monoisotopic (exact) mass is 1960 g/mol. The Hall–Kier alpha value is -10.4. The SMILES string of the molecule is CCCCN(CC(O)C(Cc1cc(F)cc(F)c1)NC(=O)c1cc(C(=O)N(CCC)CCC)cc(S(N)(=O)=O)c1)NC(=O)C(C)C.CCCN(CCC)C(=O)c1cc(C(=O)NC(Cc2cc(F)cc(F)c2)C(O)CN(C)NC(=O)CC(C)C)cc(S(N)(=O)=O)c1.CCCN(CCC)C(=O)c1cc(C(=O)NC(Cc2cc(F)cc(F)c2)C(O)CN(CC)NC(=O)CC(C)C)cc(S(N)(=O)=O)c1. The molecule has 9 amide bonds. The fourth-order valence-electron chi connectivity index (χ4n) is 14.2. The van der Waals surface area contributed by atoms with Gasteiger partial charge in [0.2, 0.25) is 47.8 Å². The minimum Gasteiger partial charge on any atom is -0.390 e. The number of hydrogen-bond acceptors (Lipinski definition) is 21. The summed E-state index contributed by atoms with van der Waals surface area (Å²) in [5.74, 6) is -10.2. The maximum Gasteiger partial charge on any atom is 0.253 e. The van der Waals surface area contributed by atoms with Gasteiger partial charge in [0.15, 0.2) is 0 Å². The lowest BCUT2D eigenvalue weighted by molar-refractivity contribution is -0.130. The Balaban J connectivity index is 0.000000423. The molecule has 6 aromatic rings. The summed E-state index contributed by atoms with van der Waals surface area (Å²) in [6.45, 7) is 28.6. The zero-order valence-electron chi connectivity index (χ0n) is 79.4. The molecular weight excluding hydrogens is 1830 g/mol. The lowest BCUT2D eigenvalue weighted by Gasteiger charge is -2.31. The molecule has 6 aromatic carbocycles. The highest BCUT2D eigenvalue weighted by molar-refractivity contribution is 7.89. The summed E-state index contributed by atoms with van der Waals surface area (Å²) in [7, 11) is -11.5. The standard InChI is InChI=1S/C32H47F2N5O6S.C31H45F2N5O6S.C30H43F2N5O6S/c1-6-9-12-39(37-30(41)21(4)5)20-29(40)28(15-22-13-25(33)19-26(34)14-22)36-31(42)23-16-24(18-27(17-23)46(35,44)45)32(43)38(10-7-2)11-8-3;1-6-9-37(10-7-2)31(42)23-15-22(16-26(17-23)45(34,43)44)30(41)35-27(14-21-12-24(32)18-25(33)13-21)28(39)19-38(8-3)36-29(40)11-20(4)5;1-6-8-37(9-7-2)30(41)22-14-21(15-25(16-22)44(33,42)43)29(40)34-26(13-20-11-23(31)17-24(32)12-20)27(38)18-36(5)35-28(39)10-19(3)4/h13-14,16-19,21,28-29,40H,6-12,15,20H2,1-5H3,(H,36,42)(H,37,41)(H2,35,44,45);12-13,15-18,20,27-28,39H,6-11,14,19H2,1-5H3,(H,35,41)(H,36,40)(H2,34,43,44);11-12,14-17,19,26-27,38H,6-10,13,18H2,1-5H3,(H,34,40)(H,35,39)(H2,33,42,43). The Kier molecular flexibility index (Phi) is 48.8. The van der Waals surface area contributed by atoms with Gasteiger partial charge in [0.1, 0.15) is 34.9 Å². The van der Waals surface area contributed by atoms with E-state index in [2.05, 4.69) is 32.2 Å². The first kappa shape index (κ1) is 117. The molecule has 0 heterocycles. The van der Waals surface area contributed by atoms with E-state index < -0.39 is 152 Å². The highest BCUT2D eigenvalue weighted by Gasteiger charge is 2.33. The van der Waals surface area contributed by atoms with Crippen molar-refractivity contribution in [2.45, 2.75) is 232 Å². The molecule has 15 N–H and O–H groups in total. The third-order valence-electron chi connectivity index (χ3n) is 20.5. The third kappa shape index (κ3) is 40.8. The largest absolute Gasteiger partial charge is 0.390 e. The molecule has 0 saturated carbocycles. The number of aliphatic hydroxyl groups is 3. The van der Waals surface area contributed by atoms with Gasteiger partial charge in [-0.25, -0.2) is 82.0 Å². The first-order valence-electron chi connectivity index (χ1n) is 45.0. The lowest BCUT2D eigenvalue weighted by Crippen LogP contribution is -2.54. The van der Waals surface area contributed by atoms with Gasteiger partial charge in [-0.15, -0.1) is 0 Å². The van der Waals surface area contributed by atoms with Gasteiger partial charge in [0.25, 0.3) is 35.4 Å². The minimum atomic E-state index is -4.34. The fourth-order valence-corrected chi connectivity index (χ4v) is 15.9. The first-order chi connectivity index (χ1) is 63.2. The molecule has 6 rings (SSSR count). The predicted octanol–water partition coefficient (Wildman–Crippen LogP) is 8.93. The van der Waals surface area contributed by atoms with Crippen LogP contribution in [-0.4, -0.2) is 239 Å². The van der Waals surface area contributed by atoms with Gasteiger partial charge in [-0.2, -0.15) is 0 Å². The maximum atomic E-state index is 14.1. The van der Waals surface area contributed by atoms with Gasteiger partial charge in [0.05, 0.1) is 51.1 Å². The van der Waals surface area contributed by atoms with Crippen molar-refractivity contribution in [3.8, 4) is 0 Å². The van der Waals surface area contributed by atoms with Crippen molar-refractivity contribution in [2.24, 2.45) is 33.2 Å². The average molecular weight is 1960 g/mol. The summed E-state index contributed by atoms with van der Waals surface area (Å²) in [5.41, 5.74) is 7.60. The second kappa shape index (κ2) is 56.3. The number of sulfonamides is 3. The van der Waals surface area contributed by atoms with E-state index in [0.717, 1.165) is 79.2 Å². The van der Waals surface area contributed by atoms with E-state index in [-0.39, 0.29) is 137 Å². The number of rotatable bonds is 51. The summed E-state index contributed by atoms with van der Waals surface area (Å²) in [5, 5.41) is 62.0. The number of carbonyl (C=O) groups excluding carboxylic acids is 9. The van der Waals surface area contributed by atoms with Crippen molar-refractivity contribution in [3.63, 3.8) is 0 Å². The quantitative estimate of drug-likeness (QED) is 0.0125. The number of aliphatic hydroxyl groups excluding tert-OH is 3. The van der Waals surface area contributed by atoms with Crippen LogP contribution in [0.1, 0.15) is 240 Å². The molecule has 6 atom stereocenters. The van der Waals surface area contributed by atoms with E-state index in [1.807, 2.05) is 76.2 Å². The average Bonchev–Trinajstić information content (AvgIpc) is 0.807. The minimum absolute atomic E-state index is 0.0648.